The molecule has 0 saturated heterocycles. The SMILES string of the molecule is Fc1ccc(C2CC(c3cccc(Nc4ccncc4)c3)=NN2c2cc(Cl)cc(Cl)c2)cc1. The summed E-state index contributed by atoms with van der Waals surface area (Å²) in [6.45, 7) is 0. The van der Waals surface area contributed by atoms with Gasteiger partial charge in [-0.3, -0.25) is 9.99 Å². The van der Waals surface area contributed by atoms with E-state index in [2.05, 4.69) is 16.4 Å². The van der Waals surface area contributed by atoms with E-state index in [4.69, 9.17) is 28.3 Å². The molecule has 1 unspecified atom stereocenters. The number of pyridine rings is 1. The minimum Gasteiger partial charge on any atom is -0.355 e. The smallest absolute Gasteiger partial charge is 0.123 e. The van der Waals surface area contributed by atoms with Crippen LogP contribution in [0.25, 0.3) is 0 Å². The van der Waals surface area contributed by atoms with E-state index in [0.29, 0.717) is 16.5 Å². The number of anilines is 3. The van der Waals surface area contributed by atoms with Gasteiger partial charge in [-0.15, -0.1) is 0 Å². The number of halogens is 3. The lowest BCUT2D eigenvalue weighted by molar-refractivity contribution is 0.624. The summed E-state index contributed by atoms with van der Waals surface area (Å²) in [5.74, 6) is -0.273. The molecule has 1 atom stereocenters. The summed E-state index contributed by atoms with van der Waals surface area (Å²) < 4.78 is 13.6. The first kappa shape index (κ1) is 21.4. The summed E-state index contributed by atoms with van der Waals surface area (Å²) in [7, 11) is 0. The summed E-state index contributed by atoms with van der Waals surface area (Å²) in [6, 6.07) is 23.7. The molecule has 0 fully saturated rings. The Hall–Kier alpha value is -3.41. The molecule has 1 aliphatic heterocycles. The predicted molar refractivity (Wildman–Crippen MR) is 133 cm³/mol. The molecule has 0 spiro atoms. The maximum absolute atomic E-state index is 13.6. The van der Waals surface area contributed by atoms with Crippen LogP contribution in [0.4, 0.5) is 21.5 Å². The molecule has 164 valence electrons. The van der Waals surface area contributed by atoms with Gasteiger partial charge in [0.15, 0.2) is 0 Å². The van der Waals surface area contributed by atoms with Crippen molar-refractivity contribution in [1.29, 1.82) is 0 Å². The molecule has 0 aliphatic carbocycles. The highest BCUT2D eigenvalue weighted by Crippen LogP contribution is 2.39. The Morgan fingerprint density at radius 3 is 2.30 bits per heavy atom. The molecule has 0 radical (unpaired) electrons. The van der Waals surface area contributed by atoms with Gasteiger partial charge in [0.1, 0.15) is 5.82 Å². The molecular weight excluding hydrogens is 458 g/mol. The van der Waals surface area contributed by atoms with Crippen LogP contribution in [-0.2, 0) is 0 Å². The molecule has 2 heterocycles. The third-order valence-electron chi connectivity index (χ3n) is 5.44. The highest BCUT2D eigenvalue weighted by Gasteiger charge is 2.30. The van der Waals surface area contributed by atoms with Crippen LogP contribution in [0.3, 0.4) is 0 Å². The van der Waals surface area contributed by atoms with Crippen LogP contribution < -0.4 is 10.3 Å². The molecule has 33 heavy (non-hydrogen) atoms. The van der Waals surface area contributed by atoms with Gasteiger partial charge in [-0.25, -0.2) is 4.39 Å². The highest BCUT2D eigenvalue weighted by atomic mass is 35.5. The van der Waals surface area contributed by atoms with Gasteiger partial charge in [-0.1, -0.05) is 47.5 Å². The van der Waals surface area contributed by atoms with E-state index in [9.17, 15) is 4.39 Å². The van der Waals surface area contributed by atoms with Gasteiger partial charge >= 0.3 is 0 Å². The predicted octanol–water partition coefficient (Wildman–Crippen LogP) is 7.63. The van der Waals surface area contributed by atoms with Crippen molar-refractivity contribution in [3.8, 4) is 0 Å². The number of nitrogens with zero attached hydrogens (tertiary/aromatic N) is 3. The zero-order valence-corrected chi connectivity index (χ0v) is 18.9. The van der Waals surface area contributed by atoms with Gasteiger partial charge in [-0.2, -0.15) is 5.10 Å². The molecule has 4 aromatic rings. The van der Waals surface area contributed by atoms with Crippen LogP contribution in [0.15, 0.2) is 96.4 Å². The summed E-state index contributed by atoms with van der Waals surface area (Å²) in [4.78, 5) is 4.05. The van der Waals surface area contributed by atoms with Crippen LogP contribution in [0.5, 0.6) is 0 Å². The fraction of sp³-hybridized carbons (Fsp3) is 0.0769. The molecule has 5 rings (SSSR count). The van der Waals surface area contributed by atoms with Crippen molar-refractivity contribution < 1.29 is 4.39 Å². The van der Waals surface area contributed by atoms with Crippen molar-refractivity contribution in [2.75, 3.05) is 10.3 Å². The zero-order valence-electron chi connectivity index (χ0n) is 17.4. The van der Waals surface area contributed by atoms with E-state index in [1.807, 2.05) is 47.5 Å². The number of hydrazone groups is 1. The average Bonchev–Trinajstić information content (AvgIpc) is 3.26. The van der Waals surface area contributed by atoms with Crippen LogP contribution in [0.1, 0.15) is 23.6 Å². The minimum absolute atomic E-state index is 0.119. The van der Waals surface area contributed by atoms with E-state index in [-0.39, 0.29) is 11.9 Å². The molecule has 1 aromatic heterocycles. The molecular formula is C26H19Cl2FN4. The lowest BCUT2D eigenvalue weighted by Gasteiger charge is -2.24. The first-order valence-electron chi connectivity index (χ1n) is 10.4. The summed E-state index contributed by atoms with van der Waals surface area (Å²) in [6.07, 6.45) is 4.14. The largest absolute Gasteiger partial charge is 0.355 e. The molecule has 0 amide bonds. The average molecular weight is 477 g/mol. The third kappa shape index (κ3) is 4.85. The lowest BCUT2D eigenvalue weighted by atomic mass is 9.98. The molecule has 3 aromatic carbocycles. The van der Waals surface area contributed by atoms with Crippen LogP contribution in [0, 0.1) is 5.82 Å². The first-order valence-corrected chi connectivity index (χ1v) is 11.2. The molecule has 1 N–H and O–H groups in total. The third-order valence-corrected chi connectivity index (χ3v) is 5.88. The minimum atomic E-state index is -0.273. The number of benzene rings is 3. The van der Waals surface area contributed by atoms with Gasteiger partial charge in [0.05, 0.1) is 17.4 Å². The Bertz CT molecular complexity index is 1290. The quantitative estimate of drug-likeness (QED) is 0.321. The summed E-state index contributed by atoms with van der Waals surface area (Å²) in [5.41, 5.74) is 5.55. The maximum atomic E-state index is 13.6. The Labute approximate surface area is 201 Å². The van der Waals surface area contributed by atoms with Crippen LogP contribution in [0.2, 0.25) is 10.0 Å². The van der Waals surface area contributed by atoms with E-state index in [0.717, 1.165) is 33.9 Å². The molecule has 0 bridgehead atoms. The van der Waals surface area contributed by atoms with Gasteiger partial charge < -0.3 is 5.32 Å². The second-order valence-electron chi connectivity index (χ2n) is 7.73. The van der Waals surface area contributed by atoms with Crippen molar-refractivity contribution in [2.45, 2.75) is 12.5 Å². The van der Waals surface area contributed by atoms with Gasteiger partial charge in [-0.05, 0) is 65.7 Å². The topological polar surface area (TPSA) is 40.5 Å². The van der Waals surface area contributed by atoms with Gasteiger partial charge in [0.2, 0.25) is 0 Å². The Kier molecular flexibility index (Phi) is 5.99. The number of rotatable bonds is 5. The highest BCUT2D eigenvalue weighted by molar-refractivity contribution is 6.35. The standard InChI is InChI=1S/C26H19Cl2FN4/c27-19-13-20(28)15-24(14-19)33-26(17-4-6-21(29)7-5-17)16-25(32-33)18-2-1-3-23(12-18)31-22-8-10-30-11-9-22/h1-15,26H,16H2,(H,30,31). The fourth-order valence-electron chi connectivity index (χ4n) is 3.92. The fourth-order valence-corrected chi connectivity index (χ4v) is 4.43. The van der Waals surface area contributed by atoms with Gasteiger partial charge in [0.25, 0.3) is 0 Å². The lowest BCUT2D eigenvalue weighted by Crippen LogP contribution is -2.18. The van der Waals surface area contributed by atoms with Crippen molar-refractivity contribution >= 4 is 46.0 Å². The van der Waals surface area contributed by atoms with Crippen molar-refractivity contribution in [2.24, 2.45) is 5.10 Å². The Balaban J connectivity index is 1.51. The Morgan fingerprint density at radius 1 is 0.848 bits per heavy atom. The Morgan fingerprint density at radius 2 is 1.58 bits per heavy atom. The number of hydrogen-bond acceptors (Lipinski definition) is 4. The first-order chi connectivity index (χ1) is 16.0. The molecule has 0 saturated carbocycles. The number of aromatic nitrogens is 1. The van der Waals surface area contributed by atoms with Crippen LogP contribution >= 0.6 is 23.2 Å². The van der Waals surface area contributed by atoms with Crippen molar-refractivity contribution in [1.82, 2.24) is 4.98 Å². The van der Waals surface area contributed by atoms with Crippen molar-refractivity contribution in [3.63, 3.8) is 0 Å². The van der Waals surface area contributed by atoms with E-state index >= 15 is 0 Å². The summed E-state index contributed by atoms with van der Waals surface area (Å²) >= 11 is 12.5. The second kappa shape index (κ2) is 9.22. The molecule has 1 aliphatic rings. The van der Waals surface area contributed by atoms with Gasteiger partial charge in [0, 0.05) is 40.2 Å². The maximum Gasteiger partial charge on any atom is 0.123 e. The molecule has 4 nitrogen and oxygen atoms in total. The summed E-state index contributed by atoms with van der Waals surface area (Å²) in [5, 5.41) is 11.3. The monoisotopic (exact) mass is 476 g/mol. The number of nitrogens with one attached hydrogen (secondary N) is 1. The normalized spacial score (nSPS) is 15.4. The molecule has 7 heteroatoms. The zero-order chi connectivity index (χ0) is 22.8. The van der Waals surface area contributed by atoms with Crippen LogP contribution in [-0.4, -0.2) is 10.7 Å². The van der Waals surface area contributed by atoms with E-state index < -0.39 is 0 Å². The number of hydrogen-bond donors (Lipinski definition) is 1. The second-order valence-corrected chi connectivity index (χ2v) is 8.60. The van der Waals surface area contributed by atoms with Crippen molar-refractivity contribution in [3.05, 3.63) is 118 Å². The van der Waals surface area contributed by atoms with E-state index in [1.54, 1.807) is 30.6 Å². The van der Waals surface area contributed by atoms with E-state index in [1.165, 1.54) is 12.1 Å².